The molecule has 7 aliphatic heterocycles. The largest absolute Gasteiger partial charge is 0.394 e. The lowest BCUT2D eigenvalue weighted by atomic mass is 9.95. The van der Waals surface area contributed by atoms with Crippen molar-refractivity contribution < 1.29 is 227 Å². The van der Waals surface area contributed by atoms with E-state index in [9.17, 15) is 161 Å². The molecule has 0 aliphatic carbocycles. The zero-order valence-electron chi connectivity index (χ0n) is 74.1. The monoisotopic (exact) mass is 1930 g/mol. The Bertz CT molecular complexity index is 3420. The summed E-state index contributed by atoms with van der Waals surface area (Å²) in [7, 11) is 0. The molecule has 7 fully saturated rings. The molecule has 0 aromatic carbocycles. The van der Waals surface area contributed by atoms with E-state index < -0.39 is 336 Å². The van der Waals surface area contributed by atoms with Crippen molar-refractivity contribution in [3.63, 3.8) is 0 Å². The van der Waals surface area contributed by atoms with Gasteiger partial charge in [-0.1, -0.05) is 26.2 Å². The maximum absolute atomic E-state index is 14.3. The number of aliphatic hydroxyl groups is 24. The summed E-state index contributed by atoms with van der Waals surface area (Å²) < 4.78 is 78.4. The van der Waals surface area contributed by atoms with E-state index in [-0.39, 0.29) is 102 Å². The Labute approximate surface area is 765 Å². The smallest absolute Gasteiger partial charge is 0.234 e. The second-order valence-corrected chi connectivity index (χ2v) is 34.1. The van der Waals surface area contributed by atoms with Crippen LogP contribution in [0.4, 0.5) is 0 Å². The number of rotatable bonds is 60. The van der Waals surface area contributed by atoms with Crippen molar-refractivity contribution in [1.29, 1.82) is 0 Å². The predicted molar refractivity (Wildman–Crippen MR) is 440 cm³/mol. The number of ketones is 4. The highest BCUT2D eigenvalue weighted by Gasteiger charge is 2.56. The molecule has 770 valence electrons. The minimum absolute atomic E-state index is 0.0329. The molecule has 36 atom stereocenters. The second kappa shape index (κ2) is 58.9. The van der Waals surface area contributed by atoms with Gasteiger partial charge in [0.2, 0.25) is 23.6 Å². The van der Waals surface area contributed by atoms with Crippen LogP contribution < -0.4 is 21.3 Å². The number of Topliss-reactive ketones (excluding diaryl/α,β-unsaturated/α-hetero) is 4. The number of amides is 4. The van der Waals surface area contributed by atoms with Gasteiger partial charge in [-0.2, -0.15) is 0 Å². The number of hydrogen-bond donors (Lipinski definition) is 28. The van der Waals surface area contributed by atoms with Crippen molar-refractivity contribution in [3.05, 3.63) is 0 Å². The zero-order valence-corrected chi connectivity index (χ0v) is 74.1. The molecule has 7 rings (SSSR count). The normalized spacial score (nSPS) is 36.3. The standard InChI is InChI=1S/C82H141N5O46/c1-2-40(93)14-6-3-9-21-83-52(98)30-87(31-53(99)84-22-10-4-7-15-41(94)18-13-26-121-79-71(117)73(132-81-69(115)64(110)57(103)47(35-91)128-81)59(105)49(130-79)37-123-77-67(113)62(108)55(101)45(33-89)126-77)29-43(96)28-39(75(119)86-23-11-5-8-16-42(95)17-12-25-120-76-66(112)61(107)54(100)44(32-88)125-76)19-20-51(97)85-24-27-122-80-72(118)74(133-82-70(116)65(111)58(104)48(36-92)129-82)60(106)50(131-80)38-124-78-68(114)63(109)56(102)46(34-90)127-78/h39,44-50,54-74,76-82,88-92,100-118H,2-38H2,1H3,(H,83,98)(H,84,99)(H,85,97)(H,86,119)/t39-,44-,45-,46-,47-,48-,49-,50-,54-,55-,56-,57-,58-,59-,60-,61+,62+,63+,64+,65+,66+,67+,68+,69+,70+,71+,72+,73+,74+,76+,77+,78+,79+,80+,81-,82-/m1/s1. The highest BCUT2D eigenvalue weighted by molar-refractivity contribution is 5.89. The third kappa shape index (κ3) is 35.0. The van der Waals surface area contributed by atoms with Crippen molar-refractivity contribution >= 4 is 46.8 Å². The Morgan fingerprint density at radius 1 is 0.286 bits per heavy atom. The van der Waals surface area contributed by atoms with E-state index in [2.05, 4.69) is 21.3 Å². The Kier molecular flexibility index (Phi) is 50.9. The molecule has 7 heterocycles. The number of aliphatic hydroxyl groups excluding tert-OH is 24. The van der Waals surface area contributed by atoms with Gasteiger partial charge in [0, 0.05) is 83.5 Å². The second-order valence-electron chi connectivity index (χ2n) is 34.1. The third-order valence-corrected chi connectivity index (χ3v) is 23.9. The lowest BCUT2D eigenvalue weighted by Gasteiger charge is -2.46. The van der Waals surface area contributed by atoms with Gasteiger partial charge in [0.25, 0.3) is 0 Å². The van der Waals surface area contributed by atoms with Gasteiger partial charge in [-0.25, -0.2) is 0 Å². The van der Waals surface area contributed by atoms with Gasteiger partial charge in [-0.05, 0) is 57.8 Å². The molecule has 28 N–H and O–H groups in total. The maximum Gasteiger partial charge on any atom is 0.234 e. The van der Waals surface area contributed by atoms with Crippen LogP contribution in [0.1, 0.15) is 135 Å². The SMILES string of the molecule is CCC(=O)CCCCCNC(=O)CN(CC(=O)C[C@@H](CCC(=O)NCCO[C@H]1O[C@H](CO[C@H]2O[C@H](CO)[C@@H](O)[C@H](O)[C@@H]2O)[C@@H](O)[C@H](O[C@H]2O[C@H](CO)[C@@H](O)[C@H](O)[C@@H]2O)[C@@H]1O)C(=O)NCCCCCC(=O)CCCO[C@H]1O[C@H](CO)[C@@H](O)[C@H](O)[C@@H]1O)CC(=O)NCCCCCC(=O)CCCO[C@H]1O[C@H](CO[C@H]2O[C@H](CO)[C@@H](O)[C@H](O)[C@@H]2O)[C@@H](O)[C@H](O[C@H]2O[C@H](CO)[C@@H](O)[C@H](O)[C@@H]2O)[C@@H]1O. The van der Waals surface area contributed by atoms with Gasteiger partial charge in [0.15, 0.2) is 44.0 Å². The maximum atomic E-state index is 14.3. The Morgan fingerprint density at radius 2 is 0.594 bits per heavy atom. The third-order valence-electron chi connectivity index (χ3n) is 23.9. The minimum atomic E-state index is -2.05. The Balaban J connectivity index is 0.940. The first-order valence-electron chi connectivity index (χ1n) is 45.2. The highest BCUT2D eigenvalue weighted by Crippen LogP contribution is 2.35. The molecule has 0 saturated carbocycles. The van der Waals surface area contributed by atoms with E-state index >= 15 is 0 Å². The molecular weight excluding hydrogens is 1790 g/mol. The quantitative estimate of drug-likeness (QED) is 0.0251. The summed E-state index contributed by atoms with van der Waals surface area (Å²) in [4.78, 5) is 109. The first-order chi connectivity index (χ1) is 63.4. The number of unbranched alkanes of at least 4 members (excludes halogenated alkanes) is 6. The molecular formula is C82H141N5O46. The number of carbonyl (C=O) groups is 8. The van der Waals surface area contributed by atoms with E-state index in [1.807, 2.05) is 0 Å². The predicted octanol–water partition coefficient (Wildman–Crippen LogP) is -13.8. The van der Waals surface area contributed by atoms with Crippen molar-refractivity contribution in [2.45, 2.75) is 350 Å². The van der Waals surface area contributed by atoms with Gasteiger partial charge in [-0.3, -0.25) is 43.3 Å². The van der Waals surface area contributed by atoms with Crippen LogP contribution in [0.5, 0.6) is 0 Å². The lowest BCUT2D eigenvalue weighted by Crippen LogP contribution is -2.65. The summed E-state index contributed by atoms with van der Waals surface area (Å²) in [5.74, 6) is -4.78. The first-order valence-corrected chi connectivity index (χ1v) is 45.2. The summed E-state index contributed by atoms with van der Waals surface area (Å²) in [5, 5.41) is 261. The Hall–Kier alpha value is -5.00. The van der Waals surface area contributed by atoms with E-state index in [1.54, 1.807) is 6.92 Å². The van der Waals surface area contributed by atoms with Crippen LogP contribution in [0.3, 0.4) is 0 Å². The van der Waals surface area contributed by atoms with Crippen LogP contribution in [-0.2, 0) is 105 Å². The highest BCUT2D eigenvalue weighted by atomic mass is 16.8. The van der Waals surface area contributed by atoms with Gasteiger partial charge < -0.3 is 210 Å². The van der Waals surface area contributed by atoms with E-state index in [0.29, 0.717) is 70.6 Å². The van der Waals surface area contributed by atoms with Crippen molar-refractivity contribution in [1.82, 2.24) is 26.2 Å². The van der Waals surface area contributed by atoms with E-state index in [0.717, 1.165) is 0 Å². The lowest BCUT2D eigenvalue weighted by molar-refractivity contribution is -0.366. The molecule has 51 nitrogen and oxygen atoms in total. The minimum Gasteiger partial charge on any atom is -0.394 e. The van der Waals surface area contributed by atoms with E-state index in [1.165, 1.54) is 4.90 Å². The average molecular weight is 1930 g/mol. The fourth-order valence-electron chi connectivity index (χ4n) is 15.7. The fourth-order valence-corrected chi connectivity index (χ4v) is 15.7. The van der Waals surface area contributed by atoms with Crippen LogP contribution in [-0.4, -0.2) is 501 Å². The molecule has 7 saturated heterocycles. The number of nitrogens with one attached hydrogen (secondary N) is 4. The fraction of sp³-hybridized carbons (Fsp3) is 0.902. The average Bonchev–Trinajstić information content (AvgIpc) is 0.772. The number of nitrogens with zero attached hydrogens (tertiary/aromatic N) is 1. The van der Waals surface area contributed by atoms with Crippen LogP contribution in [0.25, 0.3) is 0 Å². The van der Waals surface area contributed by atoms with Gasteiger partial charge in [0.1, 0.15) is 194 Å². The van der Waals surface area contributed by atoms with Crippen LogP contribution >= 0.6 is 0 Å². The molecule has 0 unspecified atom stereocenters. The first kappa shape index (κ1) is 115. The molecule has 0 spiro atoms. The topological polar surface area (TPSA) is 803 Å². The van der Waals surface area contributed by atoms with Gasteiger partial charge >= 0.3 is 0 Å². The Morgan fingerprint density at radius 3 is 0.962 bits per heavy atom. The van der Waals surface area contributed by atoms with Crippen molar-refractivity contribution in [3.8, 4) is 0 Å². The van der Waals surface area contributed by atoms with E-state index in [4.69, 9.17) is 66.3 Å². The zero-order chi connectivity index (χ0) is 97.9. The van der Waals surface area contributed by atoms with Gasteiger partial charge in [0.05, 0.1) is 85.7 Å². The molecule has 51 heteroatoms. The molecule has 0 aromatic rings. The molecule has 0 bridgehead atoms. The molecule has 133 heavy (non-hydrogen) atoms. The molecule has 0 aromatic heterocycles. The molecule has 0 radical (unpaired) electrons. The number of ether oxygens (including phenoxy) is 14. The summed E-state index contributed by atoms with van der Waals surface area (Å²) in [6.07, 6.45) is -57.6. The number of carbonyl (C=O) groups excluding carboxylic acids is 8. The summed E-state index contributed by atoms with van der Waals surface area (Å²) in [6.45, 7) is -6.30. The molecule has 7 aliphatic rings. The van der Waals surface area contributed by atoms with Crippen LogP contribution in [0.2, 0.25) is 0 Å². The van der Waals surface area contributed by atoms with Crippen molar-refractivity contribution in [2.75, 3.05) is 112 Å². The van der Waals surface area contributed by atoms with Crippen LogP contribution in [0.15, 0.2) is 0 Å². The molecule has 4 amide bonds. The summed E-state index contributed by atoms with van der Waals surface area (Å²) in [6, 6.07) is 0. The number of hydrogen-bond acceptors (Lipinski definition) is 47. The summed E-state index contributed by atoms with van der Waals surface area (Å²) >= 11 is 0. The van der Waals surface area contributed by atoms with Crippen molar-refractivity contribution in [2.24, 2.45) is 5.92 Å². The summed E-state index contributed by atoms with van der Waals surface area (Å²) in [5.41, 5.74) is 0. The van der Waals surface area contributed by atoms with Gasteiger partial charge in [-0.15, -0.1) is 0 Å². The van der Waals surface area contributed by atoms with Crippen LogP contribution in [0, 0.1) is 5.92 Å².